The standard InChI is InChI=1S/C24H29N5O5S/c1-15(2)13-28-23(17(4)34-20-9-7-19(33-5)8-10-20)26-27-24(28)35-14-22(30)25-21-11-6-18(29(31)32)12-16(21)3/h6-12,15,17H,13-14H2,1-5H3,(H,25,30). The first-order valence-electron chi connectivity index (χ1n) is 11.1. The van der Waals surface area contributed by atoms with Crippen LogP contribution in [0.15, 0.2) is 47.6 Å². The quantitative estimate of drug-likeness (QED) is 0.221. The van der Waals surface area contributed by atoms with Crippen molar-refractivity contribution in [2.45, 2.75) is 45.5 Å². The van der Waals surface area contributed by atoms with E-state index in [2.05, 4.69) is 29.4 Å². The van der Waals surface area contributed by atoms with Crippen LogP contribution in [0.3, 0.4) is 0 Å². The van der Waals surface area contributed by atoms with Crippen molar-refractivity contribution in [3.05, 3.63) is 64.0 Å². The molecule has 1 unspecified atom stereocenters. The van der Waals surface area contributed by atoms with Crippen LogP contribution < -0.4 is 14.8 Å². The third-order valence-electron chi connectivity index (χ3n) is 5.06. The van der Waals surface area contributed by atoms with Crippen LogP contribution >= 0.6 is 11.8 Å². The van der Waals surface area contributed by atoms with Gasteiger partial charge in [0.15, 0.2) is 17.1 Å². The lowest BCUT2D eigenvalue weighted by atomic mass is 10.2. The molecule has 0 saturated heterocycles. The Morgan fingerprint density at radius 2 is 1.83 bits per heavy atom. The first kappa shape index (κ1) is 26.0. The normalized spacial score (nSPS) is 11.8. The molecular weight excluding hydrogens is 470 g/mol. The minimum atomic E-state index is -0.465. The Kier molecular flexibility index (Phi) is 8.69. The number of nitrogens with zero attached hydrogens (tertiary/aromatic N) is 4. The molecular formula is C24H29N5O5S. The number of nitro benzene ring substituents is 1. The average molecular weight is 500 g/mol. The fourth-order valence-electron chi connectivity index (χ4n) is 3.37. The van der Waals surface area contributed by atoms with Crippen molar-refractivity contribution in [3.63, 3.8) is 0 Å². The van der Waals surface area contributed by atoms with Crippen LogP contribution in [0.25, 0.3) is 0 Å². The number of ether oxygens (including phenoxy) is 2. The lowest BCUT2D eigenvalue weighted by Crippen LogP contribution is -2.17. The molecule has 0 aliphatic carbocycles. The van der Waals surface area contributed by atoms with Crippen molar-refractivity contribution in [2.75, 3.05) is 18.2 Å². The Morgan fingerprint density at radius 3 is 2.43 bits per heavy atom. The molecule has 0 fully saturated rings. The Morgan fingerprint density at radius 1 is 1.14 bits per heavy atom. The van der Waals surface area contributed by atoms with Gasteiger partial charge in [0.25, 0.3) is 5.69 Å². The summed E-state index contributed by atoms with van der Waals surface area (Å²) in [6, 6.07) is 11.6. The maximum Gasteiger partial charge on any atom is 0.269 e. The Balaban J connectivity index is 1.68. The minimum Gasteiger partial charge on any atom is -0.497 e. The Bertz CT molecular complexity index is 1180. The van der Waals surface area contributed by atoms with Gasteiger partial charge in [-0.05, 0) is 55.7 Å². The number of methoxy groups -OCH3 is 1. The van der Waals surface area contributed by atoms with Crippen LogP contribution in [0.2, 0.25) is 0 Å². The van der Waals surface area contributed by atoms with Gasteiger partial charge in [-0.3, -0.25) is 14.9 Å². The lowest BCUT2D eigenvalue weighted by Gasteiger charge is -2.18. The summed E-state index contributed by atoms with van der Waals surface area (Å²) in [5.74, 6) is 2.30. The average Bonchev–Trinajstić information content (AvgIpc) is 3.21. The maximum atomic E-state index is 12.6. The van der Waals surface area contributed by atoms with E-state index in [0.717, 1.165) is 5.75 Å². The molecule has 1 atom stereocenters. The Hall–Kier alpha value is -3.60. The van der Waals surface area contributed by atoms with E-state index in [-0.39, 0.29) is 23.5 Å². The maximum absolute atomic E-state index is 12.6. The van der Waals surface area contributed by atoms with E-state index in [1.54, 1.807) is 14.0 Å². The monoisotopic (exact) mass is 499 g/mol. The van der Waals surface area contributed by atoms with Gasteiger partial charge in [-0.15, -0.1) is 10.2 Å². The second-order valence-corrected chi connectivity index (χ2v) is 9.32. The highest BCUT2D eigenvalue weighted by Gasteiger charge is 2.21. The van der Waals surface area contributed by atoms with Gasteiger partial charge < -0.3 is 19.4 Å². The SMILES string of the molecule is COc1ccc(OC(C)c2nnc(SCC(=O)Nc3ccc([N+](=O)[O-])cc3C)n2CC(C)C)cc1. The zero-order valence-electron chi connectivity index (χ0n) is 20.3. The molecule has 1 aromatic heterocycles. The second kappa shape index (κ2) is 11.7. The smallest absolute Gasteiger partial charge is 0.269 e. The number of nitro groups is 1. The molecule has 0 aliphatic heterocycles. The van der Waals surface area contributed by atoms with Crippen molar-refractivity contribution in [1.29, 1.82) is 0 Å². The van der Waals surface area contributed by atoms with Crippen LogP contribution in [0.5, 0.6) is 11.5 Å². The molecule has 0 saturated carbocycles. The number of hydrogen-bond donors (Lipinski definition) is 1. The summed E-state index contributed by atoms with van der Waals surface area (Å²) in [6.07, 6.45) is -0.361. The molecule has 1 heterocycles. The van der Waals surface area contributed by atoms with Crippen LogP contribution in [0.1, 0.15) is 38.3 Å². The molecule has 0 aliphatic rings. The fraction of sp³-hybridized carbons (Fsp3) is 0.375. The molecule has 1 N–H and O–H groups in total. The number of nitrogens with one attached hydrogen (secondary N) is 1. The summed E-state index contributed by atoms with van der Waals surface area (Å²) >= 11 is 1.28. The molecule has 2 aromatic carbocycles. The number of aromatic nitrogens is 3. The van der Waals surface area contributed by atoms with Crippen molar-refractivity contribution in [1.82, 2.24) is 14.8 Å². The number of aryl methyl sites for hydroxylation is 1. The lowest BCUT2D eigenvalue weighted by molar-refractivity contribution is -0.384. The van der Waals surface area contributed by atoms with E-state index in [1.807, 2.05) is 35.8 Å². The number of amides is 1. The molecule has 0 spiro atoms. The van der Waals surface area contributed by atoms with Gasteiger partial charge in [-0.25, -0.2) is 0 Å². The number of rotatable bonds is 11. The predicted octanol–water partition coefficient (Wildman–Crippen LogP) is 5.03. The zero-order valence-corrected chi connectivity index (χ0v) is 21.2. The van der Waals surface area contributed by atoms with E-state index < -0.39 is 4.92 Å². The van der Waals surface area contributed by atoms with E-state index in [4.69, 9.17) is 9.47 Å². The fourth-order valence-corrected chi connectivity index (χ4v) is 4.13. The summed E-state index contributed by atoms with van der Waals surface area (Å²) in [6.45, 7) is 8.48. The van der Waals surface area contributed by atoms with Crippen LogP contribution in [-0.2, 0) is 11.3 Å². The number of carbonyl (C=O) groups is 1. The number of carbonyl (C=O) groups excluding carboxylic acids is 1. The number of hydrogen-bond acceptors (Lipinski definition) is 8. The van der Waals surface area contributed by atoms with Crippen LogP contribution in [0, 0.1) is 23.0 Å². The third kappa shape index (κ3) is 6.95. The highest BCUT2D eigenvalue weighted by atomic mass is 32.2. The number of benzene rings is 2. The van der Waals surface area contributed by atoms with Gasteiger partial charge in [0.2, 0.25) is 5.91 Å². The van der Waals surface area contributed by atoms with Gasteiger partial charge in [0.1, 0.15) is 11.5 Å². The molecule has 35 heavy (non-hydrogen) atoms. The van der Waals surface area contributed by atoms with Crippen molar-refractivity contribution >= 4 is 29.0 Å². The van der Waals surface area contributed by atoms with Gasteiger partial charge in [-0.1, -0.05) is 25.6 Å². The molecule has 10 nitrogen and oxygen atoms in total. The van der Waals surface area contributed by atoms with Crippen molar-refractivity contribution in [2.24, 2.45) is 5.92 Å². The van der Waals surface area contributed by atoms with Crippen molar-refractivity contribution < 1.29 is 19.2 Å². The number of non-ortho nitro benzene ring substituents is 1. The summed E-state index contributed by atoms with van der Waals surface area (Å²) in [5.41, 5.74) is 1.13. The minimum absolute atomic E-state index is 0.0184. The third-order valence-corrected chi connectivity index (χ3v) is 6.02. The summed E-state index contributed by atoms with van der Waals surface area (Å²) < 4.78 is 13.2. The highest BCUT2D eigenvalue weighted by molar-refractivity contribution is 7.99. The van der Waals surface area contributed by atoms with E-state index in [1.165, 1.54) is 30.0 Å². The van der Waals surface area contributed by atoms with E-state index >= 15 is 0 Å². The molecule has 0 bridgehead atoms. The first-order valence-corrected chi connectivity index (χ1v) is 12.1. The van der Waals surface area contributed by atoms with Gasteiger partial charge in [0.05, 0.1) is 17.8 Å². The summed E-state index contributed by atoms with van der Waals surface area (Å²) in [7, 11) is 1.61. The molecule has 186 valence electrons. The zero-order chi connectivity index (χ0) is 25.5. The predicted molar refractivity (Wildman–Crippen MR) is 134 cm³/mol. The number of anilines is 1. The van der Waals surface area contributed by atoms with Gasteiger partial charge in [-0.2, -0.15) is 0 Å². The summed E-state index contributed by atoms with van der Waals surface area (Å²) in [5, 5.41) is 23.0. The van der Waals surface area contributed by atoms with Crippen LogP contribution in [0.4, 0.5) is 11.4 Å². The van der Waals surface area contributed by atoms with Crippen molar-refractivity contribution in [3.8, 4) is 11.5 Å². The molecule has 0 radical (unpaired) electrons. The Labute approximate surface area is 208 Å². The first-order chi connectivity index (χ1) is 16.7. The van der Waals surface area contributed by atoms with Gasteiger partial charge >= 0.3 is 0 Å². The van der Waals surface area contributed by atoms with Gasteiger partial charge in [0, 0.05) is 24.4 Å². The molecule has 1 amide bonds. The molecule has 11 heteroatoms. The second-order valence-electron chi connectivity index (χ2n) is 8.37. The molecule has 3 aromatic rings. The summed E-state index contributed by atoms with van der Waals surface area (Å²) in [4.78, 5) is 23.0. The topological polar surface area (TPSA) is 121 Å². The van der Waals surface area contributed by atoms with E-state index in [9.17, 15) is 14.9 Å². The molecule has 3 rings (SSSR count). The number of thioether (sulfide) groups is 1. The van der Waals surface area contributed by atoms with Crippen LogP contribution in [-0.4, -0.2) is 38.5 Å². The largest absolute Gasteiger partial charge is 0.497 e. The highest BCUT2D eigenvalue weighted by Crippen LogP contribution is 2.27. The van der Waals surface area contributed by atoms with E-state index in [0.29, 0.717) is 40.4 Å².